The zero-order valence-electron chi connectivity index (χ0n) is 12.7. The van der Waals surface area contributed by atoms with Crippen LogP contribution in [-0.2, 0) is 29.2 Å². The first-order chi connectivity index (χ1) is 10.6. The van der Waals surface area contributed by atoms with Gasteiger partial charge in [0, 0.05) is 50.4 Å². The average Bonchev–Trinajstić information content (AvgIpc) is 3.03. The number of fused-ring (bicyclic) bond motifs is 1. The number of aromatic amines is 1. The number of nitrogens with one attached hydrogen (secondary N) is 1. The Labute approximate surface area is 132 Å². The summed E-state index contributed by atoms with van der Waals surface area (Å²) in [6.45, 7) is 2.40. The molecule has 1 fully saturated rings. The highest BCUT2D eigenvalue weighted by Crippen LogP contribution is 2.34. The van der Waals surface area contributed by atoms with Crippen LogP contribution in [0.3, 0.4) is 0 Å². The lowest BCUT2D eigenvalue weighted by Gasteiger charge is -2.29. The highest BCUT2D eigenvalue weighted by atomic mass is 32.2. The average molecular weight is 352 g/mol. The van der Waals surface area contributed by atoms with E-state index in [1.165, 1.54) is 10.6 Å². The Hall–Kier alpha value is -1.13. The lowest BCUT2D eigenvalue weighted by molar-refractivity contribution is -0.142. The van der Waals surface area contributed by atoms with E-state index in [2.05, 4.69) is 10.2 Å². The highest BCUT2D eigenvalue weighted by Gasteiger charge is 2.39. The lowest BCUT2D eigenvalue weighted by atomic mass is 10.0. The van der Waals surface area contributed by atoms with Gasteiger partial charge in [0.2, 0.25) is 10.0 Å². The molecule has 6 nitrogen and oxygen atoms in total. The fraction of sp³-hybridized carbons (Fsp3) is 0.769. The van der Waals surface area contributed by atoms with Gasteiger partial charge in [-0.2, -0.15) is 18.3 Å². The summed E-state index contributed by atoms with van der Waals surface area (Å²) >= 11 is 0. The third kappa shape index (κ3) is 3.53. The van der Waals surface area contributed by atoms with E-state index in [1.807, 2.05) is 4.90 Å². The summed E-state index contributed by atoms with van der Waals surface area (Å²) in [6.07, 6.45) is -2.02. The molecule has 3 heterocycles. The number of sulfonamides is 1. The van der Waals surface area contributed by atoms with Gasteiger partial charge in [-0.3, -0.25) is 10.00 Å². The van der Waals surface area contributed by atoms with Crippen molar-refractivity contribution in [3.05, 3.63) is 17.0 Å². The topological polar surface area (TPSA) is 69.3 Å². The van der Waals surface area contributed by atoms with Crippen molar-refractivity contribution in [1.29, 1.82) is 0 Å². The molecule has 0 amide bonds. The van der Waals surface area contributed by atoms with Crippen molar-refractivity contribution in [3.63, 3.8) is 0 Å². The molecule has 0 spiro atoms. The predicted molar refractivity (Wildman–Crippen MR) is 77.1 cm³/mol. The number of hydrogen-bond acceptors (Lipinski definition) is 4. The molecule has 1 aromatic heterocycles. The zero-order valence-corrected chi connectivity index (χ0v) is 13.5. The minimum absolute atomic E-state index is 0.160. The molecular formula is C13H19F3N4O2S. The van der Waals surface area contributed by atoms with E-state index >= 15 is 0 Å². The van der Waals surface area contributed by atoms with Gasteiger partial charge >= 0.3 is 6.18 Å². The third-order valence-electron chi connectivity index (χ3n) is 4.52. The van der Waals surface area contributed by atoms with Crippen LogP contribution in [0, 0.1) is 5.92 Å². The van der Waals surface area contributed by atoms with Gasteiger partial charge in [0.1, 0.15) is 0 Å². The number of nitrogens with zero attached hydrogens (tertiary/aromatic N) is 3. The monoisotopic (exact) mass is 352 g/mol. The Morgan fingerprint density at radius 2 is 2.09 bits per heavy atom. The van der Waals surface area contributed by atoms with Gasteiger partial charge in [0.25, 0.3) is 0 Å². The van der Waals surface area contributed by atoms with Gasteiger partial charge in [-0.05, 0) is 12.3 Å². The van der Waals surface area contributed by atoms with Crippen molar-refractivity contribution in [2.45, 2.75) is 25.6 Å². The second-order valence-electron chi connectivity index (χ2n) is 6.29. The standard InChI is InChI=1S/C13H19F3N4O2S/c1-23(21,22)20-5-2-9(7-20)6-19-4-3-11-10(8-19)12(18-17-11)13(14,15)16/h9H,2-8H2,1H3,(H,17,18). The minimum Gasteiger partial charge on any atom is -0.298 e. The maximum atomic E-state index is 12.9. The summed E-state index contributed by atoms with van der Waals surface area (Å²) in [6, 6.07) is 0. The SMILES string of the molecule is CS(=O)(=O)N1CCC(CN2CCc3[nH]nc(C(F)(F)F)c3C2)C1. The molecule has 0 radical (unpaired) electrons. The molecule has 23 heavy (non-hydrogen) atoms. The minimum atomic E-state index is -4.45. The molecular weight excluding hydrogens is 333 g/mol. The normalized spacial score (nSPS) is 24.1. The molecule has 130 valence electrons. The third-order valence-corrected chi connectivity index (χ3v) is 5.78. The number of hydrogen-bond donors (Lipinski definition) is 1. The summed E-state index contributed by atoms with van der Waals surface area (Å²) in [5, 5.41) is 5.91. The van der Waals surface area contributed by atoms with Crippen LogP contribution in [0.2, 0.25) is 0 Å². The Balaban J connectivity index is 1.66. The van der Waals surface area contributed by atoms with E-state index in [0.29, 0.717) is 38.3 Å². The van der Waals surface area contributed by atoms with Gasteiger partial charge in [-0.1, -0.05) is 0 Å². The zero-order chi connectivity index (χ0) is 16.8. The quantitative estimate of drug-likeness (QED) is 0.884. The van der Waals surface area contributed by atoms with Crippen LogP contribution in [0.1, 0.15) is 23.4 Å². The summed E-state index contributed by atoms with van der Waals surface area (Å²) in [5.41, 5.74) is -0.0548. The molecule has 0 aliphatic carbocycles. The summed E-state index contributed by atoms with van der Waals surface area (Å²) in [5.74, 6) is 0.160. The van der Waals surface area contributed by atoms with E-state index in [0.717, 1.165) is 6.42 Å². The van der Waals surface area contributed by atoms with Crippen molar-refractivity contribution in [3.8, 4) is 0 Å². The molecule has 1 atom stereocenters. The van der Waals surface area contributed by atoms with Crippen LogP contribution in [0.5, 0.6) is 0 Å². The molecule has 0 bridgehead atoms. The molecule has 0 aromatic carbocycles. The molecule has 2 aliphatic rings. The van der Waals surface area contributed by atoms with E-state index < -0.39 is 21.9 Å². The molecule has 0 saturated carbocycles. The van der Waals surface area contributed by atoms with Crippen molar-refractivity contribution in [1.82, 2.24) is 19.4 Å². The molecule has 2 aliphatic heterocycles. The van der Waals surface area contributed by atoms with Gasteiger partial charge in [-0.25, -0.2) is 12.7 Å². The number of aromatic nitrogens is 2. The van der Waals surface area contributed by atoms with Crippen molar-refractivity contribution in [2.75, 3.05) is 32.4 Å². The van der Waals surface area contributed by atoms with E-state index in [1.54, 1.807) is 0 Å². The van der Waals surface area contributed by atoms with Gasteiger partial charge < -0.3 is 0 Å². The molecule has 1 saturated heterocycles. The van der Waals surface area contributed by atoms with Crippen LogP contribution in [0.15, 0.2) is 0 Å². The number of H-pyrrole nitrogens is 1. The molecule has 1 unspecified atom stereocenters. The Bertz CT molecular complexity index is 686. The maximum Gasteiger partial charge on any atom is 0.435 e. The summed E-state index contributed by atoms with van der Waals surface area (Å²) in [7, 11) is -3.19. The van der Waals surface area contributed by atoms with E-state index in [-0.39, 0.29) is 18.0 Å². The molecule has 1 N–H and O–H groups in total. The van der Waals surface area contributed by atoms with Gasteiger partial charge in [0.15, 0.2) is 5.69 Å². The molecule has 10 heteroatoms. The first kappa shape index (κ1) is 16.7. The van der Waals surface area contributed by atoms with E-state index in [4.69, 9.17) is 0 Å². The van der Waals surface area contributed by atoms with Crippen LogP contribution in [-0.4, -0.2) is 60.3 Å². The summed E-state index contributed by atoms with van der Waals surface area (Å²) < 4.78 is 63.3. The van der Waals surface area contributed by atoms with Crippen LogP contribution >= 0.6 is 0 Å². The Kier molecular flexibility index (Phi) is 4.18. The first-order valence-electron chi connectivity index (χ1n) is 7.45. The second-order valence-corrected chi connectivity index (χ2v) is 8.27. The highest BCUT2D eigenvalue weighted by molar-refractivity contribution is 7.88. The smallest absolute Gasteiger partial charge is 0.298 e. The lowest BCUT2D eigenvalue weighted by Crippen LogP contribution is -2.36. The Morgan fingerprint density at radius 3 is 2.70 bits per heavy atom. The molecule has 3 rings (SSSR count). The van der Waals surface area contributed by atoms with Crippen LogP contribution in [0.25, 0.3) is 0 Å². The van der Waals surface area contributed by atoms with Gasteiger partial charge in [-0.15, -0.1) is 0 Å². The van der Waals surface area contributed by atoms with Crippen molar-refractivity contribution in [2.24, 2.45) is 5.92 Å². The fourth-order valence-electron chi connectivity index (χ4n) is 3.35. The number of rotatable bonds is 3. The maximum absolute atomic E-state index is 12.9. The first-order valence-corrected chi connectivity index (χ1v) is 9.30. The molecule has 1 aromatic rings. The Morgan fingerprint density at radius 1 is 1.35 bits per heavy atom. The van der Waals surface area contributed by atoms with Crippen molar-refractivity contribution < 1.29 is 21.6 Å². The predicted octanol–water partition coefficient (Wildman–Crippen LogP) is 1.07. The number of halogens is 3. The van der Waals surface area contributed by atoms with Crippen molar-refractivity contribution >= 4 is 10.0 Å². The van der Waals surface area contributed by atoms with Gasteiger partial charge in [0.05, 0.1) is 6.26 Å². The largest absolute Gasteiger partial charge is 0.435 e. The second kappa shape index (κ2) is 5.75. The van der Waals surface area contributed by atoms with E-state index in [9.17, 15) is 21.6 Å². The van der Waals surface area contributed by atoms with Crippen LogP contribution < -0.4 is 0 Å². The number of alkyl halides is 3. The van der Waals surface area contributed by atoms with Crippen LogP contribution in [0.4, 0.5) is 13.2 Å². The summed E-state index contributed by atoms with van der Waals surface area (Å²) in [4.78, 5) is 1.96. The fourth-order valence-corrected chi connectivity index (χ4v) is 4.27.